The number of nitrogens with two attached hydrogens (primary N) is 1. The van der Waals surface area contributed by atoms with Crippen LogP contribution in [0.2, 0.25) is 0 Å². The molecule has 114 valence electrons. The summed E-state index contributed by atoms with van der Waals surface area (Å²) in [4.78, 5) is 26.1. The van der Waals surface area contributed by atoms with E-state index in [1.807, 2.05) is 19.2 Å². The molecule has 6 heteroatoms. The Morgan fingerprint density at radius 2 is 2.00 bits per heavy atom. The zero-order valence-corrected chi connectivity index (χ0v) is 13.7. The van der Waals surface area contributed by atoms with Gasteiger partial charge in [0.1, 0.15) is 5.69 Å². The predicted octanol–water partition coefficient (Wildman–Crippen LogP) is 2.31. The van der Waals surface area contributed by atoms with Crippen LogP contribution in [0.4, 0.5) is 0 Å². The van der Waals surface area contributed by atoms with E-state index in [2.05, 4.69) is 20.5 Å². The predicted molar refractivity (Wildman–Crippen MR) is 82.8 cm³/mol. The molecule has 2 N–H and O–H groups in total. The van der Waals surface area contributed by atoms with Crippen LogP contribution in [0.15, 0.2) is 16.7 Å². The Kier molecular flexibility index (Phi) is 3.82. The second kappa shape index (κ2) is 5.48. The number of halogens is 1. The normalized spacial score (nSPS) is 25.9. The minimum absolute atomic E-state index is 0.00560. The van der Waals surface area contributed by atoms with E-state index in [0.717, 1.165) is 30.2 Å². The SMILES string of the molecule is CC1CCC(C(N)=O)CN1C(=O)c1cc(Br)cn1C1CC1. The molecule has 5 nitrogen and oxygen atoms in total. The third kappa shape index (κ3) is 2.86. The van der Waals surface area contributed by atoms with Crippen molar-refractivity contribution in [2.24, 2.45) is 11.7 Å². The monoisotopic (exact) mass is 353 g/mol. The van der Waals surface area contributed by atoms with Gasteiger partial charge in [-0.1, -0.05) is 0 Å². The number of likely N-dealkylation sites (tertiary alicyclic amines) is 1. The van der Waals surface area contributed by atoms with E-state index in [1.54, 1.807) is 4.90 Å². The Labute approximate surface area is 132 Å². The lowest BCUT2D eigenvalue weighted by atomic mass is 9.92. The fourth-order valence-electron chi connectivity index (χ4n) is 3.04. The second-order valence-corrected chi connectivity index (χ2v) is 7.08. The summed E-state index contributed by atoms with van der Waals surface area (Å²) in [5.41, 5.74) is 6.13. The van der Waals surface area contributed by atoms with Crippen LogP contribution < -0.4 is 5.73 Å². The summed E-state index contributed by atoms with van der Waals surface area (Å²) in [5.74, 6) is -0.526. The Morgan fingerprint density at radius 3 is 2.62 bits per heavy atom. The van der Waals surface area contributed by atoms with E-state index in [-0.39, 0.29) is 23.8 Å². The van der Waals surface area contributed by atoms with Gasteiger partial charge in [0, 0.05) is 29.3 Å². The maximum absolute atomic E-state index is 12.9. The molecule has 2 heterocycles. The summed E-state index contributed by atoms with van der Waals surface area (Å²) >= 11 is 3.46. The Balaban J connectivity index is 1.84. The molecule has 2 atom stereocenters. The minimum Gasteiger partial charge on any atom is -0.369 e. The quantitative estimate of drug-likeness (QED) is 0.905. The molecule has 1 aliphatic heterocycles. The van der Waals surface area contributed by atoms with Crippen LogP contribution in [-0.2, 0) is 4.79 Å². The maximum atomic E-state index is 12.9. The van der Waals surface area contributed by atoms with E-state index >= 15 is 0 Å². The molecule has 1 aromatic rings. The summed E-state index contributed by atoms with van der Waals surface area (Å²) in [7, 11) is 0. The molecule has 2 fully saturated rings. The first-order chi connectivity index (χ1) is 9.97. The van der Waals surface area contributed by atoms with Gasteiger partial charge in [-0.25, -0.2) is 0 Å². The molecule has 0 aromatic carbocycles. The van der Waals surface area contributed by atoms with Crippen molar-refractivity contribution in [3.63, 3.8) is 0 Å². The van der Waals surface area contributed by atoms with Crippen LogP contribution in [0.25, 0.3) is 0 Å². The lowest BCUT2D eigenvalue weighted by Crippen LogP contribution is -2.49. The third-order valence-corrected chi connectivity index (χ3v) is 4.95. The van der Waals surface area contributed by atoms with Crippen molar-refractivity contribution in [2.45, 2.75) is 44.7 Å². The average molecular weight is 354 g/mol. The minimum atomic E-state index is -0.307. The van der Waals surface area contributed by atoms with Crippen molar-refractivity contribution >= 4 is 27.7 Å². The van der Waals surface area contributed by atoms with Gasteiger partial charge in [0.05, 0.1) is 5.92 Å². The summed E-state index contributed by atoms with van der Waals surface area (Å²) < 4.78 is 2.99. The molecule has 0 radical (unpaired) electrons. The molecule has 0 spiro atoms. The molecule has 1 saturated heterocycles. The lowest BCUT2D eigenvalue weighted by Gasteiger charge is -2.37. The lowest BCUT2D eigenvalue weighted by molar-refractivity contribution is -0.123. The number of piperidine rings is 1. The first kappa shape index (κ1) is 14.6. The van der Waals surface area contributed by atoms with Crippen LogP contribution >= 0.6 is 15.9 Å². The number of hydrogen-bond donors (Lipinski definition) is 1. The van der Waals surface area contributed by atoms with Crippen LogP contribution in [-0.4, -0.2) is 33.9 Å². The van der Waals surface area contributed by atoms with Crippen molar-refractivity contribution < 1.29 is 9.59 Å². The van der Waals surface area contributed by atoms with Gasteiger partial charge in [-0.15, -0.1) is 0 Å². The first-order valence-corrected chi connectivity index (χ1v) is 8.24. The number of primary amides is 1. The van der Waals surface area contributed by atoms with E-state index in [9.17, 15) is 9.59 Å². The Hall–Kier alpha value is -1.30. The van der Waals surface area contributed by atoms with Gasteiger partial charge in [-0.05, 0) is 54.6 Å². The molecule has 2 unspecified atom stereocenters. The van der Waals surface area contributed by atoms with E-state index in [1.165, 1.54) is 0 Å². The van der Waals surface area contributed by atoms with Crippen LogP contribution in [0.1, 0.15) is 49.1 Å². The number of nitrogens with zero attached hydrogens (tertiary/aromatic N) is 2. The number of aromatic nitrogens is 1. The van der Waals surface area contributed by atoms with Crippen LogP contribution in [0.3, 0.4) is 0 Å². The molecule has 0 bridgehead atoms. The highest BCUT2D eigenvalue weighted by Crippen LogP contribution is 2.38. The number of carbonyl (C=O) groups is 2. The molecule has 21 heavy (non-hydrogen) atoms. The summed E-state index contributed by atoms with van der Waals surface area (Å²) in [5, 5.41) is 0. The van der Waals surface area contributed by atoms with Gasteiger partial charge >= 0.3 is 0 Å². The highest BCUT2D eigenvalue weighted by Gasteiger charge is 2.35. The van der Waals surface area contributed by atoms with Gasteiger partial charge < -0.3 is 15.2 Å². The molecular weight excluding hydrogens is 334 g/mol. The molecule has 2 aliphatic rings. The van der Waals surface area contributed by atoms with Gasteiger partial charge in [-0.2, -0.15) is 0 Å². The Bertz CT molecular complexity index is 579. The summed E-state index contributed by atoms with van der Waals surface area (Å²) in [6.07, 6.45) is 5.82. The smallest absolute Gasteiger partial charge is 0.270 e. The standard InChI is InChI=1S/C15H20BrN3O2/c1-9-2-3-10(14(17)20)7-18(9)15(21)13-6-11(16)8-19(13)12-4-5-12/h6,8-10,12H,2-5,7H2,1H3,(H2,17,20). The highest BCUT2D eigenvalue weighted by molar-refractivity contribution is 9.10. The molecule has 1 saturated carbocycles. The van der Waals surface area contributed by atoms with Gasteiger partial charge in [-0.3, -0.25) is 9.59 Å². The van der Waals surface area contributed by atoms with Crippen LogP contribution in [0.5, 0.6) is 0 Å². The number of hydrogen-bond acceptors (Lipinski definition) is 2. The van der Waals surface area contributed by atoms with Gasteiger partial charge in [0.15, 0.2) is 0 Å². The van der Waals surface area contributed by atoms with E-state index in [4.69, 9.17) is 5.73 Å². The van der Waals surface area contributed by atoms with Crippen molar-refractivity contribution in [2.75, 3.05) is 6.54 Å². The third-order valence-electron chi connectivity index (χ3n) is 4.52. The van der Waals surface area contributed by atoms with E-state index in [0.29, 0.717) is 18.3 Å². The topological polar surface area (TPSA) is 68.3 Å². The van der Waals surface area contributed by atoms with E-state index < -0.39 is 0 Å². The fraction of sp³-hybridized carbons (Fsp3) is 0.600. The molecule has 2 amide bonds. The molecule has 3 rings (SSSR count). The zero-order valence-electron chi connectivity index (χ0n) is 12.1. The maximum Gasteiger partial charge on any atom is 0.270 e. The number of carbonyl (C=O) groups excluding carboxylic acids is 2. The largest absolute Gasteiger partial charge is 0.369 e. The molecule has 1 aliphatic carbocycles. The Morgan fingerprint density at radius 1 is 1.29 bits per heavy atom. The van der Waals surface area contributed by atoms with Gasteiger partial charge in [0.2, 0.25) is 5.91 Å². The van der Waals surface area contributed by atoms with Crippen molar-refractivity contribution in [3.8, 4) is 0 Å². The highest BCUT2D eigenvalue weighted by atomic mass is 79.9. The number of amides is 2. The van der Waals surface area contributed by atoms with Crippen molar-refractivity contribution in [3.05, 3.63) is 22.4 Å². The second-order valence-electron chi connectivity index (χ2n) is 6.17. The first-order valence-electron chi connectivity index (χ1n) is 7.45. The average Bonchev–Trinajstić information content (AvgIpc) is 3.21. The summed E-state index contributed by atoms with van der Waals surface area (Å²) in [6, 6.07) is 2.47. The van der Waals surface area contributed by atoms with Gasteiger partial charge in [0.25, 0.3) is 5.91 Å². The molecular formula is C15H20BrN3O2. The zero-order chi connectivity index (χ0) is 15.1. The number of rotatable bonds is 3. The van der Waals surface area contributed by atoms with Crippen molar-refractivity contribution in [1.29, 1.82) is 0 Å². The van der Waals surface area contributed by atoms with Crippen LogP contribution in [0, 0.1) is 5.92 Å². The summed E-state index contributed by atoms with van der Waals surface area (Å²) in [6.45, 7) is 2.47. The van der Waals surface area contributed by atoms with Crippen molar-refractivity contribution in [1.82, 2.24) is 9.47 Å². The fourth-order valence-corrected chi connectivity index (χ4v) is 3.48. The molecule has 1 aromatic heterocycles.